The van der Waals surface area contributed by atoms with Crippen molar-refractivity contribution in [2.24, 2.45) is 0 Å². The lowest BCUT2D eigenvalue weighted by Crippen LogP contribution is -2.39. The van der Waals surface area contributed by atoms with Crippen LogP contribution in [-0.4, -0.2) is 51.0 Å². The molecule has 0 spiro atoms. The summed E-state index contributed by atoms with van der Waals surface area (Å²) >= 11 is 0. The lowest BCUT2D eigenvalue weighted by Gasteiger charge is -2.18. The number of hydrogen-bond donors (Lipinski definition) is 2. The molecule has 0 saturated heterocycles. The molecule has 1 aromatic carbocycles. The standard InChI is InChI=1S/C11H10N2O7/c14-9(15)5-12(6-10(16)17)11(18)7-2-1-3-8(4-7)13(19)20/h1-4H,5-6H2,(H,14,15)(H,16,17). The highest BCUT2D eigenvalue weighted by Gasteiger charge is 2.22. The van der Waals surface area contributed by atoms with Crippen molar-refractivity contribution < 1.29 is 29.5 Å². The van der Waals surface area contributed by atoms with Gasteiger partial charge in [0.05, 0.1) is 4.92 Å². The van der Waals surface area contributed by atoms with Crippen molar-refractivity contribution in [2.45, 2.75) is 0 Å². The smallest absolute Gasteiger partial charge is 0.323 e. The van der Waals surface area contributed by atoms with Crippen molar-refractivity contribution in [3.05, 3.63) is 39.9 Å². The van der Waals surface area contributed by atoms with Gasteiger partial charge in [-0.3, -0.25) is 24.5 Å². The molecule has 106 valence electrons. The van der Waals surface area contributed by atoms with Gasteiger partial charge in [-0.15, -0.1) is 0 Å². The zero-order valence-corrected chi connectivity index (χ0v) is 10.1. The number of nitrogens with zero attached hydrogens (tertiary/aromatic N) is 2. The molecule has 0 aromatic heterocycles. The number of hydrogen-bond acceptors (Lipinski definition) is 5. The van der Waals surface area contributed by atoms with Crippen molar-refractivity contribution in [3.8, 4) is 0 Å². The van der Waals surface area contributed by atoms with Crippen LogP contribution in [0.1, 0.15) is 10.4 Å². The summed E-state index contributed by atoms with van der Waals surface area (Å²) in [6.07, 6.45) is 0. The van der Waals surface area contributed by atoms with Crippen molar-refractivity contribution in [1.29, 1.82) is 0 Å². The minimum atomic E-state index is -1.38. The first-order valence-corrected chi connectivity index (χ1v) is 5.28. The molecule has 0 heterocycles. The van der Waals surface area contributed by atoms with E-state index in [2.05, 4.69) is 0 Å². The molecule has 0 unspecified atom stereocenters. The SMILES string of the molecule is O=C(O)CN(CC(=O)O)C(=O)c1cccc([N+](=O)[O-])c1. The van der Waals surface area contributed by atoms with Gasteiger partial charge in [-0.2, -0.15) is 0 Å². The number of rotatable bonds is 6. The molecule has 1 rings (SSSR count). The highest BCUT2D eigenvalue weighted by molar-refractivity contribution is 5.97. The van der Waals surface area contributed by atoms with E-state index in [0.717, 1.165) is 12.1 Å². The Morgan fingerprint density at radius 3 is 2.15 bits per heavy atom. The Morgan fingerprint density at radius 1 is 1.15 bits per heavy atom. The topological polar surface area (TPSA) is 138 Å². The van der Waals surface area contributed by atoms with E-state index in [1.807, 2.05) is 0 Å². The van der Waals surface area contributed by atoms with E-state index in [9.17, 15) is 24.5 Å². The van der Waals surface area contributed by atoms with E-state index >= 15 is 0 Å². The second-order valence-corrected chi connectivity index (χ2v) is 3.76. The number of aliphatic carboxylic acids is 2. The predicted molar refractivity (Wildman–Crippen MR) is 64.3 cm³/mol. The zero-order chi connectivity index (χ0) is 15.3. The third kappa shape index (κ3) is 4.05. The van der Waals surface area contributed by atoms with E-state index in [0.29, 0.717) is 4.90 Å². The van der Waals surface area contributed by atoms with E-state index in [1.165, 1.54) is 12.1 Å². The van der Waals surface area contributed by atoms with Crippen molar-refractivity contribution in [3.63, 3.8) is 0 Å². The van der Waals surface area contributed by atoms with Crippen LogP contribution >= 0.6 is 0 Å². The van der Waals surface area contributed by atoms with E-state index in [1.54, 1.807) is 0 Å². The Balaban J connectivity index is 3.04. The van der Waals surface area contributed by atoms with Gasteiger partial charge in [-0.25, -0.2) is 0 Å². The van der Waals surface area contributed by atoms with Crippen LogP contribution in [0.25, 0.3) is 0 Å². The second-order valence-electron chi connectivity index (χ2n) is 3.76. The summed E-state index contributed by atoms with van der Waals surface area (Å²) in [6.45, 7) is -1.62. The molecule has 0 bridgehead atoms. The summed E-state index contributed by atoms with van der Waals surface area (Å²) in [7, 11) is 0. The number of non-ortho nitro benzene ring substituents is 1. The van der Waals surface area contributed by atoms with Gasteiger partial charge in [0, 0.05) is 17.7 Å². The number of carbonyl (C=O) groups is 3. The fourth-order valence-electron chi connectivity index (χ4n) is 1.46. The summed E-state index contributed by atoms with van der Waals surface area (Å²) in [5.74, 6) is -3.67. The maximum atomic E-state index is 12.0. The molecule has 0 aliphatic rings. The van der Waals surface area contributed by atoms with Crippen LogP contribution in [0.2, 0.25) is 0 Å². The number of benzene rings is 1. The first kappa shape index (κ1) is 15.1. The third-order valence-corrected chi connectivity index (χ3v) is 2.24. The van der Waals surface area contributed by atoms with Gasteiger partial charge in [0.25, 0.3) is 11.6 Å². The Kier molecular flexibility index (Phi) is 4.73. The monoisotopic (exact) mass is 282 g/mol. The van der Waals surface area contributed by atoms with E-state index < -0.39 is 35.9 Å². The summed E-state index contributed by atoms with van der Waals surface area (Å²) in [4.78, 5) is 43.6. The molecule has 0 aliphatic carbocycles. The third-order valence-electron chi connectivity index (χ3n) is 2.24. The molecule has 0 saturated carbocycles. The van der Waals surface area contributed by atoms with Gasteiger partial charge in [-0.1, -0.05) is 6.07 Å². The molecule has 0 atom stereocenters. The van der Waals surface area contributed by atoms with Gasteiger partial charge in [0.15, 0.2) is 0 Å². The summed E-state index contributed by atoms with van der Waals surface area (Å²) in [5, 5.41) is 27.9. The molecule has 0 radical (unpaired) electrons. The number of carboxylic acids is 2. The molecular formula is C11H10N2O7. The largest absolute Gasteiger partial charge is 0.480 e. The Hall–Kier alpha value is -2.97. The molecule has 0 aliphatic heterocycles. The average molecular weight is 282 g/mol. The van der Waals surface area contributed by atoms with E-state index in [-0.39, 0.29) is 11.3 Å². The minimum absolute atomic E-state index is 0.151. The van der Waals surface area contributed by atoms with Crippen LogP contribution in [0.15, 0.2) is 24.3 Å². The van der Waals surface area contributed by atoms with Crippen LogP contribution in [-0.2, 0) is 9.59 Å². The molecular weight excluding hydrogens is 272 g/mol. The molecule has 2 N–H and O–H groups in total. The number of amides is 1. The quantitative estimate of drug-likeness (QED) is 0.561. The maximum absolute atomic E-state index is 12.0. The Bertz CT molecular complexity index is 554. The van der Waals surface area contributed by atoms with E-state index in [4.69, 9.17) is 10.2 Å². The van der Waals surface area contributed by atoms with Crippen LogP contribution in [0.3, 0.4) is 0 Å². The molecule has 0 fully saturated rings. The molecule has 1 aromatic rings. The highest BCUT2D eigenvalue weighted by Crippen LogP contribution is 2.14. The van der Waals surface area contributed by atoms with Gasteiger partial charge >= 0.3 is 11.9 Å². The first-order valence-electron chi connectivity index (χ1n) is 5.28. The lowest BCUT2D eigenvalue weighted by atomic mass is 10.1. The van der Waals surface area contributed by atoms with Crippen LogP contribution in [0.4, 0.5) is 5.69 Å². The highest BCUT2D eigenvalue weighted by atomic mass is 16.6. The fraction of sp³-hybridized carbons (Fsp3) is 0.182. The Morgan fingerprint density at radius 2 is 1.70 bits per heavy atom. The number of carbonyl (C=O) groups excluding carboxylic acids is 1. The average Bonchev–Trinajstić information content (AvgIpc) is 2.36. The number of carboxylic acid groups (broad SMARTS) is 2. The summed E-state index contributed by atoms with van der Waals surface area (Å²) in [5.41, 5.74) is -0.497. The van der Waals surface area contributed by atoms with Crippen LogP contribution in [0, 0.1) is 10.1 Å². The van der Waals surface area contributed by atoms with Gasteiger partial charge in [-0.05, 0) is 6.07 Å². The first-order chi connectivity index (χ1) is 9.31. The normalized spacial score (nSPS) is 9.80. The fourth-order valence-corrected chi connectivity index (χ4v) is 1.46. The summed E-state index contributed by atoms with van der Waals surface area (Å²) < 4.78 is 0. The Labute approximate surface area is 112 Å². The van der Waals surface area contributed by atoms with Crippen molar-refractivity contribution in [2.75, 3.05) is 13.1 Å². The van der Waals surface area contributed by atoms with Crippen LogP contribution in [0.5, 0.6) is 0 Å². The van der Waals surface area contributed by atoms with Gasteiger partial charge < -0.3 is 15.1 Å². The summed E-state index contributed by atoms with van der Waals surface area (Å²) in [6, 6.07) is 4.62. The van der Waals surface area contributed by atoms with Gasteiger partial charge in [0.1, 0.15) is 13.1 Å². The predicted octanol–water partition coefficient (Wildman–Crippen LogP) is 0.206. The minimum Gasteiger partial charge on any atom is -0.480 e. The van der Waals surface area contributed by atoms with Crippen LogP contribution < -0.4 is 0 Å². The molecule has 9 nitrogen and oxygen atoms in total. The lowest BCUT2D eigenvalue weighted by molar-refractivity contribution is -0.384. The molecule has 1 amide bonds. The van der Waals surface area contributed by atoms with Gasteiger partial charge in [0.2, 0.25) is 0 Å². The number of nitro benzene ring substituents is 1. The van der Waals surface area contributed by atoms with Crippen molar-refractivity contribution in [1.82, 2.24) is 4.90 Å². The maximum Gasteiger partial charge on any atom is 0.323 e. The molecule has 9 heteroatoms. The molecule has 20 heavy (non-hydrogen) atoms. The zero-order valence-electron chi connectivity index (χ0n) is 10.1. The van der Waals surface area contributed by atoms with Crippen molar-refractivity contribution >= 4 is 23.5 Å². The number of nitro groups is 1. The second kappa shape index (κ2) is 6.27.